The number of rotatable bonds is 5. The minimum atomic E-state index is -0.0655. The van der Waals surface area contributed by atoms with E-state index in [0.717, 1.165) is 28.1 Å². The average molecular weight is 347 g/mol. The van der Waals surface area contributed by atoms with Gasteiger partial charge in [0.25, 0.3) is 5.91 Å². The van der Waals surface area contributed by atoms with E-state index in [9.17, 15) is 4.79 Å². The number of carbonyl (C=O) groups is 1. The second-order valence-corrected chi connectivity index (χ2v) is 8.03. The first-order chi connectivity index (χ1) is 11.6. The van der Waals surface area contributed by atoms with Gasteiger partial charge in [0.2, 0.25) is 0 Å². The third-order valence-corrected chi connectivity index (χ3v) is 5.97. The smallest absolute Gasteiger partial charge is 0.257 e. The van der Waals surface area contributed by atoms with Gasteiger partial charge in [0.1, 0.15) is 5.56 Å². The molecule has 1 saturated carbocycles. The summed E-state index contributed by atoms with van der Waals surface area (Å²) in [6, 6.07) is 1.97. The molecule has 0 aliphatic heterocycles. The molecule has 0 unspecified atom stereocenters. The highest BCUT2D eigenvalue weighted by molar-refractivity contribution is 7.99. The van der Waals surface area contributed by atoms with Gasteiger partial charge >= 0.3 is 0 Å². The molecule has 2 aromatic heterocycles. The Hall–Kier alpha value is -1.56. The first kappa shape index (κ1) is 17.3. The lowest BCUT2D eigenvalue weighted by Crippen LogP contribution is -2.27. The molecule has 1 amide bonds. The maximum Gasteiger partial charge on any atom is 0.257 e. The molecule has 1 fully saturated rings. The van der Waals surface area contributed by atoms with Crippen molar-refractivity contribution in [2.24, 2.45) is 0 Å². The largest absolute Gasteiger partial charge is 0.351 e. The van der Waals surface area contributed by atoms with E-state index in [1.54, 1.807) is 4.52 Å². The molecule has 130 valence electrons. The van der Waals surface area contributed by atoms with Crippen LogP contribution in [0.4, 0.5) is 0 Å². The maximum atomic E-state index is 12.6. The molecule has 3 rings (SSSR count). The van der Waals surface area contributed by atoms with Crippen LogP contribution in [0.5, 0.6) is 0 Å². The normalized spacial score (nSPS) is 15.8. The number of nitrogens with one attached hydrogen (secondary N) is 1. The summed E-state index contributed by atoms with van der Waals surface area (Å²) in [4.78, 5) is 17.1. The van der Waals surface area contributed by atoms with E-state index < -0.39 is 0 Å². The fraction of sp³-hybridized carbons (Fsp3) is 0.611. The molecule has 0 bridgehead atoms. The SMILES string of the molecule is Cc1cc(C)n2nc(C)c(C(=O)NCCSC3CCCCC3)c2n1. The van der Waals surface area contributed by atoms with E-state index in [-0.39, 0.29) is 5.91 Å². The molecule has 1 aliphatic carbocycles. The summed E-state index contributed by atoms with van der Waals surface area (Å²) in [7, 11) is 0. The van der Waals surface area contributed by atoms with Gasteiger partial charge in [-0.1, -0.05) is 19.3 Å². The number of aryl methyl sites for hydroxylation is 3. The summed E-state index contributed by atoms with van der Waals surface area (Å²) >= 11 is 2.00. The van der Waals surface area contributed by atoms with Gasteiger partial charge in [-0.3, -0.25) is 4.79 Å². The first-order valence-electron chi connectivity index (χ1n) is 8.79. The Balaban J connectivity index is 1.62. The topological polar surface area (TPSA) is 59.3 Å². The summed E-state index contributed by atoms with van der Waals surface area (Å²) in [5, 5.41) is 8.29. The summed E-state index contributed by atoms with van der Waals surface area (Å²) in [5.41, 5.74) is 3.88. The second-order valence-electron chi connectivity index (χ2n) is 6.62. The van der Waals surface area contributed by atoms with Crippen LogP contribution in [0.1, 0.15) is 59.5 Å². The van der Waals surface area contributed by atoms with Crippen LogP contribution < -0.4 is 5.32 Å². The molecule has 2 aromatic rings. The lowest BCUT2D eigenvalue weighted by molar-refractivity contribution is 0.0957. The van der Waals surface area contributed by atoms with Crippen molar-refractivity contribution >= 4 is 23.3 Å². The van der Waals surface area contributed by atoms with Crippen LogP contribution in [-0.4, -0.2) is 38.1 Å². The zero-order valence-electron chi connectivity index (χ0n) is 14.8. The lowest BCUT2D eigenvalue weighted by atomic mass is 10.0. The van der Waals surface area contributed by atoms with Crippen molar-refractivity contribution in [3.63, 3.8) is 0 Å². The van der Waals surface area contributed by atoms with E-state index in [1.807, 2.05) is 38.6 Å². The van der Waals surface area contributed by atoms with E-state index >= 15 is 0 Å². The Kier molecular flexibility index (Phi) is 5.43. The standard InChI is InChI=1S/C18H26N4OS/c1-12-11-13(2)22-17(20-12)16(14(3)21-22)18(23)19-9-10-24-15-7-5-4-6-8-15/h11,15H,4-10H2,1-3H3,(H,19,23). The van der Waals surface area contributed by atoms with Gasteiger partial charge in [-0.2, -0.15) is 16.9 Å². The average Bonchev–Trinajstić information content (AvgIpc) is 2.89. The Bertz CT molecular complexity index is 734. The Labute approximate surface area is 147 Å². The number of nitrogens with zero attached hydrogens (tertiary/aromatic N) is 3. The van der Waals surface area contributed by atoms with Gasteiger partial charge in [-0.15, -0.1) is 0 Å². The lowest BCUT2D eigenvalue weighted by Gasteiger charge is -2.20. The Morgan fingerprint density at radius 3 is 2.79 bits per heavy atom. The third-order valence-electron chi connectivity index (χ3n) is 4.59. The van der Waals surface area contributed by atoms with Crippen molar-refractivity contribution in [1.29, 1.82) is 0 Å². The number of hydrogen-bond acceptors (Lipinski definition) is 4. The van der Waals surface area contributed by atoms with Gasteiger partial charge in [0.05, 0.1) is 5.69 Å². The fourth-order valence-electron chi connectivity index (χ4n) is 3.40. The van der Waals surface area contributed by atoms with Crippen molar-refractivity contribution in [2.75, 3.05) is 12.3 Å². The first-order valence-corrected chi connectivity index (χ1v) is 9.84. The summed E-state index contributed by atoms with van der Waals surface area (Å²) in [6.45, 7) is 6.49. The van der Waals surface area contributed by atoms with Gasteiger partial charge in [-0.25, -0.2) is 9.50 Å². The molecular formula is C18H26N4OS. The van der Waals surface area contributed by atoms with Crippen LogP contribution in [0.25, 0.3) is 5.65 Å². The van der Waals surface area contributed by atoms with Crippen LogP contribution in [0.3, 0.4) is 0 Å². The van der Waals surface area contributed by atoms with Crippen LogP contribution in [0.2, 0.25) is 0 Å². The van der Waals surface area contributed by atoms with Crippen molar-refractivity contribution in [3.8, 4) is 0 Å². The predicted octanol–water partition coefficient (Wildman–Crippen LogP) is 3.45. The number of aromatic nitrogens is 3. The second kappa shape index (κ2) is 7.55. The Morgan fingerprint density at radius 1 is 1.29 bits per heavy atom. The van der Waals surface area contributed by atoms with Crippen molar-refractivity contribution < 1.29 is 4.79 Å². The van der Waals surface area contributed by atoms with Gasteiger partial charge < -0.3 is 5.32 Å². The van der Waals surface area contributed by atoms with Gasteiger partial charge in [0.15, 0.2) is 5.65 Å². The van der Waals surface area contributed by atoms with Crippen LogP contribution in [-0.2, 0) is 0 Å². The molecule has 0 saturated heterocycles. The molecule has 5 nitrogen and oxygen atoms in total. The van der Waals surface area contributed by atoms with E-state index in [1.165, 1.54) is 32.1 Å². The molecule has 2 heterocycles. The zero-order chi connectivity index (χ0) is 17.1. The molecule has 1 N–H and O–H groups in total. The number of hydrogen-bond donors (Lipinski definition) is 1. The highest BCUT2D eigenvalue weighted by atomic mass is 32.2. The number of carbonyl (C=O) groups excluding carboxylic acids is 1. The number of thioether (sulfide) groups is 1. The quantitative estimate of drug-likeness (QED) is 0.843. The molecular weight excluding hydrogens is 320 g/mol. The molecule has 0 spiro atoms. The van der Waals surface area contributed by atoms with Crippen LogP contribution in [0.15, 0.2) is 6.07 Å². The molecule has 1 aliphatic rings. The van der Waals surface area contributed by atoms with Crippen molar-refractivity contribution in [2.45, 2.75) is 58.1 Å². The monoisotopic (exact) mass is 346 g/mol. The highest BCUT2D eigenvalue weighted by Crippen LogP contribution is 2.27. The van der Waals surface area contributed by atoms with E-state index in [0.29, 0.717) is 17.8 Å². The summed E-state index contributed by atoms with van der Waals surface area (Å²) in [6.07, 6.45) is 6.75. The van der Waals surface area contributed by atoms with Gasteiger partial charge in [-0.05, 0) is 39.7 Å². The number of fused-ring (bicyclic) bond motifs is 1. The maximum absolute atomic E-state index is 12.6. The zero-order valence-corrected chi connectivity index (χ0v) is 15.6. The molecule has 0 aromatic carbocycles. The van der Waals surface area contributed by atoms with Gasteiger partial charge in [0, 0.05) is 28.9 Å². The highest BCUT2D eigenvalue weighted by Gasteiger charge is 2.19. The Morgan fingerprint density at radius 2 is 2.04 bits per heavy atom. The van der Waals surface area contributed by atoms with E-state index in [2.05, 4.69) is 15.4 Å². The number of amides is 1. The molecule has 6 heteroatoms. The third kappa shape index (κ3) is 3.74. The van der Waals surface area contributed by atoms with E-state index in [4.69, 9.17) is 0 Å². The fourth-order valence-corrected chi connectivity index (χ4v) is 4.62. The minimum Gasteiger partial charge on any atom is -0.351 e. The summed E-state index contributed by atoms with van der Waals surface area (Å²) in [5.74, 6) is 0.907. The van der Waals surface area contributed by atoms with Crippen LogP contribution >= 0.6 is 11.8 Å². The molecule has 0 atom stereocenters. The van der Waals surface area contributed by atoms with Crippen LogP contribution in [0, 0.1) is 20.8 Å². The predicted molar refractivity (Wildman–Crippen MR) is 98.9 cm³/mol. The molecule has 24 heavy (non-hydrogen) atoms. The molecule has 0 radical (unpaired) electrons. The van der Waals surface area contributed by atoms with Crippen molar-refractivity contribution in [3.05, 3.63) is 28.7 Å². The summed E-state index contributed by atoms with van der Waals surface area (Å²) < 4.78 is 1.76. The van der Waals surface area contributed by atoms with Crippen molar-refractivity contribution in [1.82, 2.24) is 19.9 Å². The minimum absolute atomic E-state index is 0.0655.